The Labute approximate surface area is 143 Å². The summed E-state index contributed by atoms with van der Waals surface area (Å²) in [5.74, 6) is -0.261. The molecule has 0 aliphatic carbocycles. The van der Waals surface area contributed by atoms with Crippen LogP contribution in [-0.4, -0.2) is 31.8 Å². The van der Waals surface area contributed by atoms with E-state index >= 15 is 0 Å². The summed E-state index contributed by atoms with van der Waals surface area (Å²) in [6.45, 7) is 4.45. The monoisotopic (exact) mass is 327 g/mol. The van der Waals surface area contributed by atoms with Crippen molar-refractivity contribution < 1.29 is 14.3 Å². The molecule has 0 amide bonds. The third-order valence-electron chi connectivity index (χ3n) is 4.26. The summed E-state index contributed by atoms with van der Waals surface area (Å²) in [5.41, 5.74) is 2.34. The van der Waals surface area contributed by atoms with Crippen LogP contribution in [-0.2, 0) is 20.7 Å². The third kappa shape index (κ3) is 4.20. The Hall–Kier alpha value is -2.20. The minimum Gasteiger partial charge on any atom is -0.468 e. The van der Waals surface area contributed by atoms with Crippen LogP contribution in [0.25, 0.3) is 17.0 Å². The third-order valence-corrected chi connectivity index (χ3v) is 4.26. The average Bonchev–Trinajstić information content (AvgIpc) is 2.63. The fraction of sp³-hybridized carbons (Fsp3) is 0.400. The first-order valence-electron chi connectivity index (χ1n) is 8.18. The van der Waals surface area contributed by atoms with Crippen molar-refractivity contribution >= 4 is 22.9 Å². The number of aryl methyl sites for hydroxylation is 1. The van der Waals surface area contributed by atoms with Gasteiger partial charge in [-0.25, -0.2) is 0 Å². The summed E-state index contributed by atoms with van der Waals surface area (Å²) in [6, 6.07) is 10.3. The second-order valence-electron chi connectivity index (χ2n) is 6.09. The van der Waals surface area contributed by atoms with Crippen LogP contribution in [0.3, 0.4) is 0 Å². The van der Waals surface area contributed by atoms with Gasteiger partial charge < -0.3 is 9.47 Å². The number of benzene rings is 1. The molecule has 0 spiro atoms. The first-order chi connectivity index (χ1) is 11.5. The van der Waals surface area contributed by atoms with E-state index in [-0.39, 0.29) is 5.97 Å². The van der Waals surface area contributed by atoms with Crippen LogP contribution >= 0.6 is 0 Å². The van der Waals surface area contributed by atoms with Gasteiger partial charge in [-0.1, -0.05) is 37.3 Å². The van der Waals surface area contributed by atoms with Gasteiger partial charge in [-0.05, 0) is 37.5 Å². The molecule has 4 nitrogen and oxygen atoms in total. The Balaban J connectivity index is 2.31. The highest BCUT2D eigenvalue weighted by molar-refractivity contribution is 5.83. The first kappa shape index (κ1) is 18.1. The number of hydrogen-bond donors (Lipinski definition) is 0. The molecule has 128 valence electrons. The molecule has 24 heavy (non-hydrogen) atoms. The number of rotatable bonds is 7. The van der Waals surface area contributed by atoms with E-state index in [4.69, 9.17) is 9.47 Å². The second-order valence-corrected chi connectivity index (χ2v) is 6.09. The van der Waals surface area contributed by atoms with E-state index in [1.807, 2.05) is 37.3 Å². The van der Waals surface area contributed by atoms with E-state index < -0.39 is 5.41 Å². The SMILES string of the molecule is CCc1ccc2ccc(/C=C/C(C)(CCOC)C(=O)OC)cc2n1. The van der Waals surface area contributed by atoms with E-state index in [1.165, 1.54) is 7.11 Å². The van der Waals surface area contributed by atoms with Gasteiger partial charge in [-0.15, -0.1) is 0 Å². The number of ether oxygens (including phenoxy) is 2. The summed E-state index contributed by atoms with van der Waals surface area (Å²) in [7, 11) is 3.04. The topological polar surface area (TPSA) is 48.4 Å². The molecule has 0 N–H and O–H groups in total. The number of carbonyl (C=O) groups excluding carboxylic acids is 1. The van der Waals surface area contributed by atoms with E-state index in [0.29, 0.717) is 13.0 Å². The molecule has 1 heterocycles. The van der Waals surface area contributed by atoms with Gasteiger partial charge in [0.05, 0.1) is 18.0 Å². The molecule has 4 heteroatoms. The Morgan fingerprint density at radius 2 is 2.00 bits per heavy atom. The van der Waals surface area contributed by atoms with Crippen LogP contribution in [0.15, 0.2) is 36.4 Å². The fourth-order valence-corrected chi connectivity index (χ4v) is 2.56. The van der Waals surface area contributed by atoms with Crippen LogP contribution in [0, 0.1) is 5.41 Å². The maximum atomic E-state index is 12.1. The summed E-state index contributed by atoms with van der Waals surface area (Å²) < 4.78 is 10.1. The van der Waals surface area contributed by atoms with Crippen molar-refractivity contribution in [1.82, 2.24) is 4.98 Å². The van der Waals surface area contributed by atoms with Gasteiger partial charge in [0.25, 0.3) is 0 Å². The number of nitrogens with zero attached hydrogens (tertiary/aromatic N) is 1. The Morgan fingerprint density at radius 3 is 2.67 bits per heavy atom. The molecule has 0 saturated carbocycles. The summed E-state index contributed by atoms with van der Waals surface area (Å²) in [6.07, 6.45) is 5.32. The lowest BCUT2D eigenvalue weighted by Crippen LogP contribution is -2.28. The lowest BCUT2D eigenvalue weighted by Gasteiger charge is -2.22. The molecule has 0 saturated heterocycles. The maximum absolute atomic E-state index is 12.1. The highest BCUT2D eigenvalue weighted by Crippen LogP contribution is 2.27. The molecular formula is C20H25NO3. The molecule has 2 rings (SSSR count). The number of esters is 1. The standard InChI is InChI=1S/C20H25NO3/c1-5-17-9-8-16-7-6-15(14-18(16)21-17)10-11-20(2,12-13-23-3)19(22)24-4/h6-11,14H,5,12-13H2,1-4H3/b11-10+. The Bertz CT molecular complexity index is 739. The average molecular weight is 327 g/mol. The van der Waals surface area contributed by atoms with Crippen LogP contribution < -0.4 is 0 Å². The highest BCUT2D eigenvalue weighted by Gasteiger charge is 2.31. The molecule has 1 aromatic heterocycles. The lowest BCUT2D eigenvalue weighted by molar-refractivity contribution is -0.149. The van der Waals surface area contributed by atoms with Gasteiger partial charge in [-0.2, -0.15) is 0 Å². The molecular weight excluding hydrogens is 302 g/mol. The Kier molecular flexibility index (Phi) is 6.10. The number of aromatic nitrogens is 1. The molecule has 0 radical (unpaired) electrons. The van der Waals surface area contributed by atoms with Crippen molar-refractivity contribution in [2.24, 2.45) is 5.41 Å². The molecule has 1 aromatic carbocycles. The maximum Gasteiger partial charge on any atom is 0.315 e. The molecule has 0 bridgehead atoms. The zero-order chi connectivity index (χ0) is 17.6. The van der Waals surface area contributed by atoms with Gasteiger partial charge in [0.2, 0.25) is 0 Å². The lowest BCUT2D eigenvalue weighted by atomic mass is 9.86. The molecule has 0 fully saturated rings. The minimum atomic E-state index is -0.710. The van der Waals surface area contributed by atoms with Crippen LogP contribution in [0.4, 0.5) is 0 Å². The Morgan fingerprint density at radius 1 is 1.25 bits per heavy atom. The van der Waals surface area contributed by atoms with Crippen LogP contribution in [0.1, 0.15) is 31.5 Å². The summed E-state index contributed by atoms with van der Waals surface area (Å²) in [5, 5.41) is 1.11. The molecule has 0 aliphatic rings. The van der Waals surface area contributed by atoms with E-state index in [2.05, 4.69) is 24.0 Å². The van der Waals surface area contributed by atoms with E-state index in [1.54, 1.807) is 7.11 Å². The molecule has 0 aliphatic heterocycles. The first-order valence-corrected chi connectivity index (χ1v) is 8.18. The van der Waals surface area contributed by atoms with Crippen molar-refractivity contribution in [3.63, 3.8) is 0 Å². The van der Waals surface area contributed by atoms with Crippen molar-refractivity contribution in [3.8, 4) is 0 Å². The number of hydrogen-bond acceptors (Lipinski definition) is 4. The van der Waals surface area contributed by atoms with Crippen molar-refractivity contribution in [1.29, 1.82) is 0 Å². The second kappa shape index (κ2) is 8.06. The number of pyridine rings is 1. The van der Waals surface area contributed by atoms with Gasteiger partial charge in [0, 0.05) is 24.8 Å². The predicted octanol–water partition coefficient (Wildman–Crippen LogP) is 4.03. The molecule has 2 aromatic rings. The van der Waals surface area contributed by atoms with Crippen molar-refractivity contribution in [2.75, 3.05) is 20.8 Å². The van der Waals surface area contributed by atoms with E-state index in [0.717, 1.165) is 28.6 Å². The zero-order valence-corrected chi connectivity index (χ0v) is 14.8. The largest absolute Gasteiger partial charge is 0.468 e. The van der Waals surface area contributed by atoms with Crippen molar-refractivity contribution in [2.45, 2.75) is 26.7 Å². The summed E-state index contributed by atoms with van der Waals surface area (Å²) >= 11 is 0. The zero-order valence-electron chi connectivity index (χ0n) is 14.8. The number of carbonyl (C=O) groups is 1. The van der Waals surface area contributed by atoms with Crippen molar-refractivity contribution in [3.05, 3.63) is 47.7 Å². The number of fused-ring (bicyclic) bond motifs is 1. The number of methoxy groups -OCH3 is 2. The quantitative estimate of drug-likeness (QED) is 0.721. The predicted molar refractivity (Wildman–Crippen MR) is 96.8 cm³/mol. The van der Waals surface area contributed by atoms with Crippen LogP contribution in [0.5, 0.6) is 0 Å². The minimum absolute atomic E-state index is 0.261. The fourth-order valence-electron chi connectivity index (χ4n) is 2.56. The highest BCUT2D eigenvalue weighted by atomic mass is 16.5. The van der Waals surface area contributed by atoms with Gasteiger partial charge in [0.15, 0.2) is 0 Å². The van der Waals surface area contributed by atoms with Gasteiger partial charge >= 0.3 is 5.97 Å². The smallest absolute Gasteiger partial charge is 0.315 e. The summed E-state index contributed by atoms with van der Waals surface area (Å²) in [4.78, 5) is 16.8. The molecule has 1 unspecified atom stereocenters. The van der Waals surface area contributed by atoms with Gasteiger partial charge in [0.1, 0.15) is 0 Å². The normalized spacial score (nSPS) is 14.0. The van der Waals surface area contributed by atoms with Gasteiger partial charge in [-0.3, -0.25) is 9.78 Å². The molecule has 1 atom stereocenters. The van der Waals surface area contributed by atoms with Crippen LogP contribution in [0.2, 0.25) is 0 Å². The van der Waals surface area contributed by atoms with E-state index in [9.17, 15) is 4.79 Å².